The molecule has 0 fully saturated rings. The highest BCUT2D eigenvalue weighted by atomic mass is 16.5. The first-order valence-electron chi connectivity index (χ1n) is 26.8. The van der Waals surface area contributed by atoms with Gasteiger partial charge in [0.2, 0.25) is 0 Å². The maximum atomic E-state index is 6.85. The van der Waals surface area contributed by atoms with Crippen LogP contribution in [0.4, 0.5) is 0 Å². The fraction of sp³-hybridized carbons (Fsp3) is 0.0833. The minimum atomic E-state index is -0.0233. The van der Waals surface area contributed by atoms with Crippen molar-refractivity contribution in [2.45, 2.75) is 38.0 Å². The van der Waals surface area contributed by atoms with Crippen molar-refractivity contribution >= 4 is 32.8 Å². The maximum absolute atomic E-state index is 6.85. The molecule has 5 nitrogen and oxygen atoms in total. The van der Waals surface area contributed by atoms with Crippen LogP contribution in [-0.4, -0.2) is 14.1 Å². The van der Waals surface area contributed by atoms with Gasteiger partial charge in [0.1, 0.15) is 17.3 Å². The number of fused-ring (bicyclic) bond motifs is 10. The highest BCUT2D eigenvalue weighted by Crippen LogP contribution is 2.57. The van der Waals surface area contributed by atoms with Crippen LogP contribution in [0.25, 0.3) is 94.5 Å². The molecule has 3 aliphatic carbocycles. The number of benzene rings is 10. The summed E-state index contributed by atoms with van der Waals surface area (Å²) in [5, 5.41) is 2.32. The maximum Gasteiger partial charge on any atom is 0.269 e. The molecule has 0 unspecified atom stereocenters. The minimum Gasteiger partial charge on any atom is -0.458 e. The number of hydrogen-bond donors (Lipinski definition) is 0. The minimum absolute atomic E-state index is 0.0233. The molecule has 17 rings (SSSR count). The summed E-state index contributed by atoms with van der Waals surface area (Å²) in [5.41, 5.74) is 25.5. The fourth-order valence-electron chi connectivity index (χ4n) is 13.3. The Morgan fingerprint density at radius 3 is 1.87 bits per heavy atom. The molecule has 0 amide bonds. The van der Waals surface area contributed by atoms with E-state index < -0.39 is 0 Å². The van der Waals surface area contributed by atoms with Crippen LogP contribution in [0.3, 0.4) is 0 Å². The largest absolute Gasteiger partial charge is 0.458 e. The first-order valence-corrected chi connectivity index (χ1v) is 26.8. The van der Waals surface area contributed by atoms with Crippen LogP contribution in [0, 0.1) is 6.33 Å². The van der Waals surface area contributed by atoms with Crippen molar-refractivity contribution in [1.29, 1.82) is 0 Å². The van der Waals surface area contributed by atoms with E-state index in [0.717, 1.165) is 67.3 Å². The quantitative estimate of drug-likeness (QED) is 0.127. The molecule has 4 aliphatic rings. The molecule has 0 saturated carbocycles. The van der Waals surface area contributed by atoms with Crippen molar-refractivity contribution in [3.8, 4) is 73.2 Å². The molecule has 0 saturated heterocycles. The van der Waals surface area contributed by atoms with Gasteiger partial charge in [-0.3, -0.25) is 13.7 Å². The summed E-state index contributed by atoms with van der Waals surface area (Å²) in [6, 6.07) is 84.6. The molecule has 0 radical (unpaired) electrons. The van der Waals surface area contributed by atoms with E-state index in [1.807, 2.05) is 12.3 Å². The summed E-state index contributed by atoms with van der Waals surface area (Å²) in [6.07, 6.45) is 5.84. The Morgan fingerprint density at radius 1 is 0.455 bits per heavy atom. The van der Waals surface area contributed by atoms with Gasteiger partial charge in [0.05, 0.1) is 33.4 Å². The van der Waals surface area contributed by atoms with Crippen molar-refractivity contribution in [3.05, 3.63) is 282 Å². The molecule has 364 valence electrons. The first-order chi connectivity index (χ1) is 37.8. The molecule has 4 heterocycles. The average Bonchev–Trinajstić information content (AvgIpc) is 4.15. The molecule has 0 spiro atoms. The molecular formula is C72H50N4O. The zero-order valence-electron chi connectivity index (χ0n) is 42.9. The lowest BCUT2D eigenvalue weighted by atomic mass is 9.61. The molecule has 0 atom stereocenters. The highest BCUT2D eigenvalue weighted by Gasteiger charge is 2.41. The van der Waals surface area contributed by atoms with Crippen LogP contribution < -0.4 is 9.30 Å². The number of aromatic nitrogens is 4. The van der Waals surface area contributed by atoms with Crippen molar-refractivity contribution in [1.82, 2.24) is 14.1 Å². The lowest BCUT2D eigenvalue weighted by Crippen LogP contribution is -2.30. The third kappa shape index (κ3) is 6.53. The normalized spacial score (nSPS) is 14.7. The predicted molar refractivity (Wildman–Crippen MR) is 311 cm³/mol. The van der Waals surface area contributed by atoms with Crippen molar-refractivity contribution < 1.29 is 9.30 Å². The van der Waals surface area contributed by atoms with E-state index in [2.05, 4.69) is 265 Å². The number of para-hydroxylation sites is 3. The summed E-state index contributed by atoms with van der Waals surface area (Å²) in [6.45, 7) is 6.73. The molecule has 3 aromatic heterocycles. The molecular weight excluding hydrogens is 937 g/mol. The van der Waals surface area contributed by atoms with E-state index in [0.29, 0.717) is 0 Å². The summed E-state index contributed by atoms with van der Waals surface area (Å²) in [4.78, 5) is 4.91. The molecule has 0 N–H and O–H groups in total. The van der Waals surface area contributed by atoms with Gasteiger partial charge in [-0.1, -0.05) is 185 Å². The molecule has 77 heavy (non-hydrogen) atoms. The van der Waals surface area contributed by atoms with E-state index in [4.69, 9.17) is 9.72 Å². The average molecular weight is 987 g/mol. The van der Waals surface area contributed by atoms with E-state index in [-0.39, 0.29) is 17.3 Å². The molecule has 13 aromatic rings. The fourth-order valence-corrected chi connectivity index (χ4v) is 13.3. The number of rotatable bonds is 5. The van der Waals surface area contributed by atoms with Gasteiger partial charge in [-0.05, 0) is 150 Å². The van der Waals surface area contributed by atoms with Crippen LogP contribution in [0.15, 0.2) is 237 Å². The van der Waals surface area contributed by atoms with Gasteiger partial charge in [-0.15, -0.1) is 0 Å². The summed E-state index contributed by atoms with van der Waals surface area (Å²) >= 11 is 0. The second kappa shape index (κ2) is 16.5. The van der Waals surface area contributed by atoms with Crippen molar-refractivity contribution in [2.75, 3.05) is 0 Å². The Bertz CT molecular complexity index is 4570. The Labute approximate surface area is 447 Å². The molecule has 5 heteroatoms. The second-order valence-corrected chi connectivity index (χ2v) is 22.0. The van der Waals surface area contributed by atoms with Crippen molar-refractivity contribution in [2.24, 2.45) is 0 Å². The SMILES string of the molecule is CC(C)(C)c1ccnc(-n2c3ccccc3c3ccc(Oc4cccc(-n5[c-][n+]6c7c(cccc75)-c5ccccc5-c5c(-c7ccc8c(c7)C7c9ccccc9C8c8ccccc87)cccc5-c5ccccc5-6)c4)cc32)c1. The van der Waals surface area contributed by atoms with E-state index in [1.165, 1.54) is 77.7 Å². The van der Waals surface area contributed by atoms with E-state index >= 15 is 0 Å². The number of pyridine rings is 1. The van der Waals surface area contributed by atoms with Crippen LogP contribution in [-0.2, 0) is 5.41 Å². The van der Waals surface area contributed by atoms with Gasteiger partial charge in [-0.25, -0.2) is 4.98 Å². The second-order valence-electron chi connectivity index (χ2n) is 22.0. The zero-order chi connectivity index (χ0) is 51.1. The Kier molecular flexibility index (Phi) is 9.36. The topological polar surface area (TPSA) is 35.9 Å². The van der Waals surface area contributed by atoms with Gasteiger partial charge in [0.15, 0.2) is 0 Å². The summed E-state index contributed by atoms with van der Waals surface area (Å²) in [7, 11) is 0. The van der Waals surface area contributed by atoms with Crippen LogP contribution in [0.5, 0.6) is 11.5 Å². The Morgan fingerprint density at radius 2 is 1.06 bits per heavy atom. The summed E-state index contributed by atoms with van der Waals surface area (Å²) in [5.74, 6) is 2.77. The van der Waals surface area contributed by atoms with E-state index in [9.17, 15) is 0 Å². The van der Waals surface area contributed by atoms with Gasteiger partial charge in [0, 0.05) is 34.9 Å². The monoisotopic (exact) mass is 986 g/mol. The first kappa shape index (κ1) is 43.8. The standard InChI is InChI=1S/C72H50N4O/c1-72(2,3)45-37-38-73-67(40-45)76-64-31-13-11-20-51(64)53-36-34-48(42-66(53)76)77-47-18-14-17-46(41-47)74-43-75-63-30-12-10-21-52(63)55-28-15-27-49(68(55)54-22-5-4-19-50(54)61-29-16-32-65(74)71(61)75)44-33-35-60-62(39-44)70-58-25-8-6-23-56(58)69(60)57-24-7-9-26-59(57)70/h4-42,69-70H,1-3H3. The van der Waals surface area contributed by atoms with E-state index in [1.54, 1.807) is 0 Å². The smallest absolute Gasteiger partial charge is 0.269 e. The van der Waals surface area contributed by atoms with Crippen LogP contribution >= 0.6 is 0 Å². The van der Waals surface area contributed by atoms with Crippen LogP contribution in [0.2, 0.25) is 0 Å². The third-order valence-electron chi connectivity index (χ3n) is 16.7. The Balaban J connectivity index is 0.826. The van der Waals surface area contributed by atoms with Gasteiger partial charge < -0.3 is 4.74 Å². The predicted octanol–water partition coefficient (Wildman–Crippen LogP) is 17.3. The lowest BCUT2D eigenvalue weighted by Gasteiger charge is -2.42. The number of imidazole rings is 1. The molecule has 1 aliphatic heterocycles. The molecule has 2 bridgehead atoms. The number of hydrogen-bond acceptors (Lipinski definition) is 2. The Hall–Kier alpha value is -9.58. The lowest BCUT2D eigenvalue weighted by molar-refractivity contribution is -0.571. The third-order valence-corrected chi connectivity index (χ3v) is 16.7. The van der Waals surface area contributed by atoms with Gasteiger partial charge in [0.25, 0.3) is 6.33 Å². The van der Waals surface area contributed by atoms with Gasteiger partial charge >= 0.3 is 0 Å². The van der Waals surface area contributed by atoms with Gasteiger partial charge in [-0.2, -0.15) is 0 Å². The zero-order valence-corrected chi connectivity index (χ0v) is 42.9. The van der Waals surface area contributed by atoms with Crippen molar-refractivity contribution in [3.63, 3.8) is 0 Å². The number of nitrogens with zero attached hydrogens (tertiary/aromatic N) is 4. The van der Waals surface area contributed by atoms with Crippen LogP contribution in [0.1, 0.15) is 71.6 Å². The summed E-state index contributed by atoms with van der Waals surface area (Å²) < 4.78 is 13.6. The number of ether oxygens (including phenoxy) is 1. The molecule has 10 aromatic carbocycles. The highest BCUT2D eigenvalue weighted by molar-refractivity contribution is 6.10.